The third-order valence-electron chi connectivity index (χ3n) is 5.02. The number of imide groups is 1. The number of esters is 1. The van der Waals surface area contributed by atoms with E-state index in [2.05, 4.69) is 4.99 Å². The Morgan fingerprint density at radius 2 is 1.81 bits per heavy atom. The summed E-state index contributed by atoms with van der Waals surface area (Å²) in [5, 5.41) is 0. The number of thiazole rings is 1. The summed E-state index contributed by atoms with van der Waals surface area (Å²) in [7, 11) is 1.30. The highest BCUT2D eigenvalue weighted by Gasteiger charge is 2.30. The number of methoxy groups -OCH3 is 1. The van der Waals surface area contributed by atoms with Gasteiger partial charge in [-0.1, -0.05) is 29.5 Å². The van der Waals surface area contributed by atoms with Crippen molar-refractivity contribution in [3.8, 4) is 0 Å². The van der Waals surface area contributed by atoms with Gasteiger partial charge in [0.05, 0.1) is 23.0 Å². The zero-order valence-corrected chi connectivity index (χ0v) is 17.8. The molecule has 31 heavy (non-hydrogen) atoms. The first-order valence-corrected chi connectivity index (χ1v) is 10.4. The Balaban J connectivity index is 1.78. The zero-order chi connectivity index (χ0) is 22.1. The number of ether oxygens (including phenoxy) is 1. The number of hydrogen-bond acceptors (Lipinski definition) is 6. The van der Waals surface area contributed by atoms with Crippen LogP contribution in [0, 0.1) is 6.92 Å². The van der Waals surface area contributed by atoms with Crippen LogP contribution in [-0.4, -0.2) is 35.4 Å². The standard InChI is InChI=1S/C22H19N3O5S/c1-13-5-3-8-16-20(13)24(12-19(28)30-2)22(31-16)23-21(29)14-6-4-7-15(11-14)25-17(26)9-10-18(25)27/h3-8,11H,9-10,12H2,1-2H3. The van der Waals surface area contributed by atoms with E-state index in [9.17, 15) is 19.2 Å². The number of fused-ring (bicyclic) bond motifs is 1. The third-order valence-corrected chi connectivity index (χ3v) is 6.06. The predicted molar refractivity (Wildman–Crippen MR) is 115 cm³/mol. The molecule has 0 bridgehead atoms. The van der Waals surface area contributed by atoms with Crippen LogP contribution in [0.1, 0.15) is 28.8 Å². The van der Waals surface area contributed by atoms with Gasteiger partial charge in [0.25, 0.3) is 5.91 Å². The number of benzene rings is 2. The molecule has 0 atom stereocenters. The van der Waals surface area contributed by atoms with Crippen molar-refractivity contribution >= 4 is 50.9 Å². The summed E-state index contributed by atoms with van der Waals surface area (Å²) < 4.78 is 7.35. The summed E-state index contributed by atoms with van der Waals surface area (Å²) >= 11 is 1.29. The van der Waals surface area contributed by atoms with E-state index >= 15 is 0 Å². The molecule has 0 unspecified atom stereocenters. The predicted octanol–water partition coefficient (Wildman–Crippen LogP) is 2.58. The Morgan fingerprint density at radius 1 is 1.10 bits per heavy atom. The average molecular weight is 437 g/mol. The van der Waals surface area contributed by atoms with Crippen molar-refractivity contribution in [2.75, 3.05) is 12.0 Å². The van der Waals surface area contributed by atoms with Gasteiger partial charge in [0.15, 0.2) is 4.80 Å². The van der Waals surface area contributed by atoms with Crippen LogP contribution in [0.5, 0.6) is 0 Å². The number of nitrogens with zero attached hydrogens (tertiary/aromatic N) is 3. The topological polar surface area (TPSA) is 98.0 Å². The van der Waals surface area contributed by atoms with E-state index in [1.165, 1.54) is 24.5 Å². The summed E-state index contributed by atoms with van der Waals surface area (Å²) in [6, 6.07) is 12.0. The first-order valence-electron chi connectivity index (χ1n) is 9.59. The van der Waals surface area contributed by atoms with E-state index in [1.54, 1.807) is 22.8 Å². The van der Waals surface area contributed by atoms with E-state index in [4.69, 9.17) is 4.74 Å². The number of aromatic nitrogens is 1. The van der Waals surface area contributed by atoms with E-state index in [0.29, 0.717) is 10.5 Å². The third kappa shape index (κ3) is 3.91. The van der Waals surface area contributed by atoms with Gasteiger partial charge in [-0.2, -0.15) is 4.99 Å². The molecule has 1 saturated heterocycles. The van der Waals surface area contributed by atoms with E-state index in [0.717, 1.165) is 20.7 Å². The smallest absolute Gasteiger partial charge is 0.325 e. The largest absolute Gasteiger partial charge is 0.468 e. The molecule has 1 aliphatic rings. The molecular formula is C22H19N3O5S. The minimum atomic E-state index is -0.538. The Hall–Kier alpha value is -3.59. The molecule has 1 aromatic heterocycles. The van der Waals surface area contributed by atoms with E-state index in [-0.39, 0.29) is 36.8 Å². The Labute approximate surface area is 181 Å². The van der Waals surface area contributed by atoms with Crippen LogP contribution in [0.3, 0.4) is 0 Å². The number of anilines is 1. The van der Waals surface area contributed by atoms with Crippen LogP contribution >= 0.6 is 11.3 Å². The Morgan fingerprint density at radius 3 is 2.52 bits per heavy atom. The molecule has 1 aliphatic heterocycles. The summed E-state index contributed by atoms with van der Waals surface area (Å²) in [6.07, 6.45) is 0.325. The maximum absolute atomic E-state index is 12.9. The SMILES string of the molecule is COC(=O)Cn1c(=NC(=O)c2cccc(N3C(=O)CCC3=O)c2)sc2cccc(C)c21. The fourth-order valence-corrected chi connectivity index (χ4v) is 4.63. The fourth-order valence-electron chi connectivity index (χ4n) is 3.53. The quantitative estimate of drug-likeness (QED) is 0.462. The summed E-state index contributed by atoms with van der Waals surface area (Å²) in [5.41, 5.74) is 2.35. The first kappa shape index (κ1) is 20.7. The zero-order valence-electron chi connectivity index (χ0n) is 17.0. The molecule has 3 amide bonds. The summed E-state index contributed by atoms with van der Waals surface area (Å²) in [6.45, 7) is 1.84. The van der Waals surface area contributed by atoms with Gasteiger partial charge in [-0.05, 0) is 36.8 Å². The molecule has 0 radical (unpaired) electrons. The average Bonchev–Trinajstić information content (AvgIpc) is 3.27. The van der Waals surface area contributed by atoms with Crippen LogP contribution in [0.25, 0.3) is 10.2 Å². The van der Waals surface area contributed by atoms with Crippen LogP contribution < -0.4 is 9.70 Å². The van der Waals surface area contributed by atoms with Crippen molar-refractivity contribution in [1.82, 2.24) is 4.57 Å². The van der Waals surface area contributed by atoms with Gasteiger partial charge < -0.3 is 9.30 Å². The van der Waals surface area contributed by atoms with Crippen LogP contribution in [0.15, 0.2) is 47.5 Å². The number of amides is 3. The molecule has 0 saturated carbocycles. The lowest BCUT2D eigenvalue weighted by atomic mass is 10.2. The maximum Gasteiger partial charge on any atom is 0.325 e. The van der Waals surface area contributed by atoms with Gasteiger partial charge in [-0.15, -0.1) is 0 Å². The molecule has 8 nitrogen and oxygen atoms in total. The van der Waals surface area contributed by atoms with E-state index in [1.807, 2.05) is 25.1 Å². The summed E-state index contributed by atoms with van der Waals surface area (Å²) in [5.74, 6) is -1.57. The maximum atomic E-state index is 12.9. The number of carbonyl (C=O) groups is 4. The Bertz CT molecular complexity index is 1290. The molecule has 0 spiro atoms. The second-order valence-corrected chi connectivity index (χ2v) is 8.07. The number of rotatable bonds is 4. The first-order chi connectivity index (χ1) is 14.9. The van der Waals surface area contributed by atoms with Gasteiger partial charge in [0.2, 0.25) is 11.8 Å². The van der Waals surface area contributed by atoms with E-state index < -0.39 is 11.9 Å². The fraction of sp³-hybridized carbons (Fsp3) is 0.227. The van der Waals surface area contributed by atoms with Crippen LogP contribution in [0.2, 0.25) is 0 Å². The molecule has 0 aliphatic carbocycles. The molecule has 1 fully saturated rings. The molecule has 3 aromatic rings. The molecule has 0 N–H and O–H groups in total. The highest BCUT2D eigenvalue weighted by Crippen LogP contribution is 2.24. The van der Waals surface area contributed by atoms with Crippen LogP contribution in [-0.2, 0) is 25.7 Å². The van der Waals surface area contributed by atoms with Gasteiger partial charge in [0, 0.05) is 18.4 Å². The van der Waals surface area contributed by atoms with Gasteiger partial charge in [-0.3, -0.25) is 24.1 Å². The number of aryl methyl sites for hydroxylation is 1. The second-order valence-electron chi connectivity index (χ2n) is 7.06. The van der Waals surface area contributed by atoms with Crippen LogP contribution in [0.4, 0.5) is 5.69 Å². The van der Waals surface area contributed by atoms with Crippen molar-refractivity contribution in [3.63, 3.8) is 0 Å². The van der Waals surface area contributed by atoms with Crippen molar-refractivity contribution in [1.29, 1.82) is 0 Å². The van der Waals surface area contributed by atoms with Gasteiger partial charge in [0.1, 0.15) is 6.54 Å². The van der Waals surface area contributed by atoms with Crippen molar-refractivity contribution < 1.29 is 23.9 Å². The lowest BCUT2D eigenvalue weighted by molar-refractivity contribution is -0.141. The van der Waals surface area contributed by atoms with Crippen molar-refractivity contribution in [2.24, 2.45) is 4.99 Å². The number of carbonyl (C=O) groups excluding carboxylic acids is 4. The Kier molecular flexibility index (Phi) is 5.51. The molecule has 4 rings (SSSR count). The summed E-state index contributed by atoms with van der Waals surface area (Å²) in [4.78, 5) is 54.6. The molecule has 158 valence electrons. The molecular weight excluding hydrogens is 418 g/mol. The molecule has 9 heteroatoms. The van der Waals surface area contributed by atoms with Gasteiger partial charge >= 0.3 is 5.97 Å². The normalized spacial score (nSPS) is 14.5. The lowest BCUT2D eigenvalue weighted by Crippen LogP contribution is -2.28. The van der Waals surface area contributed by atoms with Crippen molar-refractivity contribution in [3.05, 3.63) is 58.4 Å². The molecule has 2 heterocycles. The monoisotopic (exact) mass is 437 g/mol. The highest BCUT2D eigenvalue weighted by molar-refractivity contribution is 7.16. The number of para-hydroxylation sites is 1. The van der Waals surface area contributed by atoms with Gasteiger partial charge in [-0.25, -0.2) is 0 Å². The lowest BCUT2D eigenvalue weighted by Gasteiger charge is -2.14. The highest BCUT2D eigenvalue weighted by atomic mass is 32.1. The van der Waals surface area contributed by atoms with Crippen molar-refractivity contribution in [2.45, 2.75) is 26.3 Å². The number of hydrogen-bond donors (Lipinski definition) is 0. The minimum Gasteiger partial charge on any atom is -0.468 e. The molecule has 2 aromatic carbocycles. The minimum absolute atomic E-state index is 0.0791. The second kappa shape index (κ2) is 8.27.